The van der Waals surface area contributed by atoms with Gasteiger partial charge in [-0.2, -0.15) is 0 Å². The van der Waals surface area contributed by atoms with Gasteiger partial charge in [0, 0.05) is 36.3 Å². The molecule has 2 amide bonds. The number of carbonyl (C=O) groups is 3. The lowest BCUT2D eigenvalue weighted by Gasteiger charge is -2.35. The Morgan fingerprint density at radius 2 is 1.75 bits per heavy atom. The maximum absolute atomic E-state index is 13.8. The van der Waals surface area contributed by atoms with Crippen LogP contribution in [0.25, 0.3) is 0 Å². The van der Waals surface area contributed by atoms with Gasteiger partial charge in [-0.25, -0.2) is 4.79 Å². The summed E-state index contributed by atoms with van der Waals surface area (Å²) in [5, 5.41) is 9.95. The number of rotatable bonds is 6. The quantitative estimate of drug-likeness (QED) is 0.622. The molecule has 1 atom stereocenters. The maximum atomic E-state index is 13.8. The van der Waals surface area contributed by atoms with Crippen molar-refractivity contribution in [1.82, 2.24) is 4.90 Å². The van der Waals surface area contributed by atoms with Crippen LogP contribution in [0.4, 0.5) is 5.69 Å². The van der Waals surface area contributed by atoms with Gasteiger partial charge in [0.25, 0.3) is 0 Å². The van der Waals surface area contributed by atoms with Gasteiger partial charge in [0.2, 0.25) is 11.8 Å². The molecule has 0 spiro atoms. The molecule has 1 saturated carbocycles. The molecule has 178 valence electrons. The molecule has 1 aromatic rings. The highest BCUT2D eigenvalue weighted by molar-refractivity contribution is 7.14. The van der Waals surface area contributed by atoms with Crippen LogP contribution in [0.5, 0.6) is 0 Å². The summed E-state index contributed by atoms with van der Waals surface area (Å²) in [7, 11) is 0. The Morgan fingerprint density at radius 3 is 2.28 bits per heavy atom. The number of carbonyl (C=O) groups excluding carboxylic acids is 2. The van der Waals surface area contributed by atoms with Crippen molar-refractivity contribution in [3.63, 3.8) is 0 Å². The normalized spacial score (nSPS) is 22.6. The van der Waals surface area contributed by atoms with Crippen molar-refractivity contribution >= 4 is 34.8 Å². The van der Waals surface area contributed by atoms with Gasteiger partial charge in [0.05, 0.1) is 5.69 Å². The van der Waals surface area contributed by atoms with Crippen molar-refractivity contribution in [2.75, 3.05) is 18.0 Å². The van der Waals surface area contributed by atoms with Crippen LogP contribution in [-0.4, -0.2) is 46.9 Å². The third-order valence-electron chi connectivity index (χ3n) is 6.88. The van der Waals surface area contributed by atoms with E-state index in [2.05, 4.69) is 6.92 Å². The maximum Gasteiger partial charge on any atom is 0.348 e. The standard InChI is InChI=1S/C25H38N2O4S/c1-16-8-10-18(11-9-16)23(29)27(17(2)14-21(28)26-12-6-7-13-26)19-15-20(25(3,4)5)32-22(19)24(30)31/h15-18H,6-14H2,1-5H3,(H,30,31)/t16-,17?,18-. The second-order valence-corrected chi connectivity index (χ2v) is 11.7. The second-order valence-electron chi connectivity index (χ2n) is 10.7. The van der Waals surface area contributed by atoms with E-state index in [-0.39, 0.29) is 34.4 Å². The van der Waals surface area contributed by atoms with Crippen molar-refractivity contribution < 1.29 is 19.5 Å². The molecular formula is C25H38N2O4S. The van der Waals surface area contributed by atoms with Crippen LogP contribution in [0.2, 0.25) is 0 Å². The molecule has 32 heavy (non-hydrogen) atoms. The molecule has 7 heteroatoms. The minimum Gasteiger partial charge on any atom is -0.477 e. The first-order chi connectivity index (χ1) is 15.0. The zero-order valence-electron chi connectivity index (χ0n) is 20.1. The van der Waals surface area contributed by atoms with Crippen molar-refractivity contribution in [1.29, 1.82) is 0 Å². The Labute approximate surface area is 196 Å². The molecule has 1 saturated heterocycles. The zero-order chi connectivity index (χ0) is 23.6. The van der Waals surface area contributed by atoms with Gasteiger partial charge in [0.1, 0.15) is 4.88 Å². The number of thiophene rings is 1. The van der Waals surface area contributed by atoms with E-state index >= 15 is 0 Å². The lowest BCUT2D eigenvalue weighted by molar-refractivity contribution is -0.130. The predicted octanol–water partition coefficient (Wildman–Crippen LogP) is 5.30. The van der Waals surface area contributed by atoms with Gasteiger partial charge in [-0.1, -0.05) is 27.7 Å². The number of hydrogen-bond donors (Lipinski definition) is 1. The molecule has 1 aliphatic carbocycles. The Bertz CT molecular complexity index is 843. The highest BCUT2D eigenvalue weighted by Crippen LogP contribution is 2.40. The number of aromatic carboxylic acids is 1. The number of amides is 2. The topological polar surface area (TPSA) is 77.9 Å². The van der Waals surface area contributed by atoms with E-state index in [9.17, 15) is 19.5 Å². The van der Waals surface area contributed by atoms with E-state index in [1.165, 1.54) is 11.3 Å². The van der Waals surface area contributed by atoms with E-state index in [4.69, 9.17) is 0 Å². The van der Waals surface area contributed by atoms with Gasteiger partial charge in [0.15, 0.2) is 0 Å². The SMILES string of the molecule is CC(CC(=O)N1CCCC1)N(c1cc(C(C)(C)C)sc1C(=O)O)C(=O)[C@H]1CC[C@H](C)CC1. The first-order valence-electron chi connectivity index (χ1n) is 12.0. The summed E-state index contributed by atoms with van der Waals surface area (Å²) in [6, 6.07) is 1.48. The summed E-state index contributed by atoms with van der Waals surface area (Å²) in [6.45, 7) is 11.8. The first kappa shape index (κ1) is 24.7. The van der Waals surface area contributed by atoms with Gasteiger partial charge >= 0.3 is 5.97 Å². The van der Waals surface area contributed by atoms with E-state index in [1.807, 2.05) is 38.7 Å². The largest absolute Gasteiger partial charge is 0.477 e. The molecule has 0 aromatic carbocycles. The minimum absolute atomic E-state index is 0.0284. The monoisotopic (exact) mass is 462 g/mol. The van der Waals surface area contributed by atoms with Crippen molar-refractivity contribution in [2.45, 2.75) is 91.0 Å². The molecular weight excluding hydrogens is 424 g/mol. The molecule has 6 nitrogen and oxygen atoms in total. The van der Waals surface area contributed by atoms with Gasteiger partial charge < -0.3 is 14.9 Å². The minimum atomic E-state index is -1.02. The van der Waals surface area contributed by atoms with Crippen molar-refractivity contribution in [2.24, 2.45) is 11.8 Å². The molecule has 2 aliphatic rings. The lowest BCUT2D eigenvalue weighted by Crippen LogP contribution is -2.46. The van der Waals surface area contributed by atoms with E-state index in [0.29, 0.717) is 11.6 Å². The number of nitrogens with zero attached hydrogens (tertiary/aromatic N) is 2. The summed E-state index contributed by atoms with van der Waals surface area (Å²) in [4.78, 5) is 43.5. The van der Waals surface area contributed by atoms with E-state index in [0.717, 1.165) is 56.5 Å². The molecule has 1 unspecified atom stereocenters. The fourth-order valence-electron chi connectivity index (χ4n) is 4.80. The fraction of sp³-hybridized carbons (Fsp3) is 0.720. The number of carboxylic acids is 1. The number of likely N-dealkylation sites (tertiary alicyclic amines) is 1. The lowest BCUT2D eigenvalue weighted by atomic mass is 9.82. The van der Waals surface area contributed by atoms with Crippen LogP contribution in [0, 0.1) is 11.8 Å². The third kappa shape index (κ3) is 5.53. The smallest absolute Gasteiger partial charge is 0.348 e. The van der Waals surface area contributed by atoms with Crippen molar-refractivity contribution in [3.05, 3.63) is 15.8 Å². The zero-order valence-corrected chi connectivity index (χ0v) is 21.0. The Morgan fingerprint density at radius 1 is 1.16 bits per heavy atom. The molecule has 2 heterocycles. The van der Waals surface area contributed by atoms with Gasteiger partial charge in [-0.3, -0.25) is 9.59 Å². The Kier molecular flexibility index (Phi) is 7.69. The summed E-state index contributed by atoms with van der Waals surface area (Å²) in [5.74, 6) is -0.499. The molecule has 2 fully saturated rings. The van der Waals surface area contributed by atoms with Crippen LogP contribution < -0.4 is 4.90 Å². The molecule has 3 rings (SSSR count). The summed E-state index contributed by atoms with van der Waals surface area (Å²) < 4.78 is 0. The molecule has 1 N–H and O–H groups in total. The van der Waals surface area contributed by atoms with E-state index in [1.54, 1.807) is 4.90 Å². The fourth-order valence-corrected chi connectivity index (χ4v) is 5.85. The van der Waals surface area contributed by atoms with Crippen LogP contribution in [0.3, 0.4) is 0 Å². The average molecular weight is 463 g/mol. The number of anilines is 1. The Hall–Kier alpha value is -1.89. The first-order valence-corrected chi connectivity index (χ1v) is 12.8. The Balaban J connectivity index is 1.96. The summed E-state index contributed by atoms with van der Waals surface area (Å²) >= 11 is 1.24. The molecule has 0 bridgehead atoms. The van der Waals surface area contributed by atoms with Crippen molar-refractivity contribution in [3.8, 4) is 0 Å². The van der Waals surface area contributed by atoms with Crippen LogP contribution in [0.1, 0.15) is 94.1 Å². The van der Waals surface area contributed by atoms with Crippen LogP contribution in [-0.2, 0) is 15.0 Å². The van der Waals surface area contributed by atoms with Gasteiger partial charge in [-0.05, 0) is 62.8 Å². The molecule has 1 aromatic heterocycles. The number of carboxylic acid groups (broad SMARTS) is 1. The highest BCUT2D eigenvalue weighted by Gasteiger charge is 2.36. The highest BCUT2D eigenvalue weighted by atomic mass is 32.1. The van der Waals surface area contributed by atoms with Crippen LogP contribution in [0.15, 0.2) is 6.07 Å². The summed E-state index contributed by atoms with van der Waals surface area (Å²) in [5.41, 5.74) is 0.231. The summed E-state index contributed by atoms with van der Waals surface area (Å²) in [6.07, 6.45) is 5.91. The average Bonchev–Trinajstić information content (AvgIpc) is 3.39. The number of hydrogen-bond acceptors (Lipinski definition) is 4. The van der Waals surface area contributed by atoms with Gasteiger partial charge in [-0.15, -0.1) is 11.3 Å². The van der Waals surface area contributed by atoms with E-state index < -0.39 is 12.0 Å². The second kappa shape index (κ2) is 9.94. The molecule has 0 radical (unpaired) electrons. The third-order valence-corrected chi connectivity index (χ3v) is 8.42. The predicted molar refractivity (Wildman–Crippen MR) is 128 cm³/mol. The molecule has 1 aliphatic heterocycles. The van der Waals surface area contributed by atoms with Crippen LogP contribution >= 0.6 is 11.3 Å².